The van der Waals surface area contributed by atoms with Crippen LogP contribution in [0.3, 0.4) is 0 Å². The van der Waals surface area contributed by atoms with E-state index in [9.17, 15) is 5.26 Å². The van der Waals surface area contributed by atoms with E-state index >= 15 is 0 Å². The minimum absolute atomic E-state index is 0.289. The van der Waals surface area contributed by atoms with Crippen molar-refractivity contribution in [3.63, 3.8) is 0 Å². The molecular formula is C16H20N4. The Kier molecular flexibility index (Phi) is 3.23. The fraction of sp³-hybridized carbons (Fsp3) is 0.500. The van der Waals surface area contributed by atoms with Gasteiger partial charge in [0, 0.05) is 11.4 Å². The Morgan fingerprint density at radius 3 is 2.85 bits per heavy atom. The molecule has 0 radical (unpaired) electrons. The van der Waals surface area contributed by atoms with Crippen LogP contribution < -0.4 is 5.32 Å². The number of nitriles is 1. The fourth-order valence-electron chi connectivity index (χ4n) is 2.93. The molecule has 1 saturated carbocycles. The molecule has 104 valence electrons. The molecule has 20 heavy (non-hydrogen) atoms. The van der Waals surface area contributed by atoms with Gasteiger partial charge in [0.25, 0.3) is 0 Å². The largest absolute Gasteiger partial charge is 0.295 e. The molecule has 1 aliphatic carbocycles. The summed E-state index contributed by atoms with van der Waals surface area (Å²) < 4.78 is 1.96. The first kappa shape index (κ1) is 13.1. The summed E-state index contributed by atoms with van der Waals surface area (Å²) in [6.07, 6.45) is 4.14. The zero-order valence-corrected chi connectivity index (χ0v) is 12.0. The molecule has 4 nitrogen and oxygen atoms in total. The predicted octanol–water partition coefficient (Wildman–Crippen LogP) is 2.71. The van der Waals surface area contributed by atoms with Gasteiger partial charge in [-0.05, 0) is 38.7 Å². The van der Waals surface area contributed by atoms with Crippen LogP contribution in [0.25, 0.3) is 10.9 Å². The number of hydrogen-bond acceptors (Lipinski definition) is 3. The normalized spacial score (nSPS) is 18.1. The molecule has 3 rings (SSSR count). The molecule has 1 heterocycles. The number of para-hydroxylation sites is 1. The third kappa shape index (κ3) is 2.30. The summed E-state index contributed by atoms with van der Waals surface area (Å²) in [5.74, 6) is 0.442. The number of benzene rings is 1. The lowest BCUT2D eigenvalue weighted by molar-refractivity contribution is 0.288. The van der Waals surface area contributed by atoms with Crippen LogP contribution in [-0.4, -0.2) is 21.4 Å². The molecule has 1 atom stereocenters. The lowest BCUT2D eigenvalue weighted by atomic mass is 9.93. The third-order valence-corrected chi connectivity index (χ3v) is 3.97. The Labute approximate surface area is 119 Å². The van der Waals surface area contributed by atoms with Gasteiger partial charge in [0.1, 0.15) is 5.54 Å². The van der Waals surface area contributed by atoms with Crippen molar-refractivity contribution in [1.82, 2.24) is 15.1 Å². The summed E-state index contributed by atoms with van der Waals surface area (Å²) in [6.45, 7) is 4.80. The summed E-state index contributed by atoms with van der Waals surface area (Å²) in [6, 6.07) is 11.0. The molecule has 0 saturated heterocycles. The zero-order valence-electron chi connectivity index (χ0n) is 12.0. The molecule has 1 N–H and O–H groups in total. The summed E-state index contributed by atoms with van der Waals surface area (Å²) in [7, 11) is 0. The first-order chi connectivity index (χ1) is 9.64. The van der Waals surface area contributed by atoms with Crippen molar-refractivity contribution < 1.29 is 0 Å². The Balaban J connectivity index is 1.95. The SMILES string of the molecule is CC(C)NC(C#N)(Cn1ncc2ccccc21)C1CC1. The number of nitrogens with zero attached hydrogens (tertiary/aromatic N) is 3. The highest BCUT2D eigenvalue weighted by Gasteiger charge is 2.46. The second-order valence-corrected chi connectivity index (χ2v) is 6.02. The second-order valence-electron chi connectivity index (χ2n) is 6.02. The maximum absolute atomic E-state index is 9.75. The molecule has 2 aromatic rings. The summed E-state index contributed by atoms with van der Waals surface area (Å²) in [4.78, 5) is 0. The van der Waals surface area contributed by atoms with Crippen molar-refractivity contribution >= 4 is 10.9 Å². The van der Waals surface area contributed by atoms with E-state index in [1.807, 2.05) is 23.0 Å². The standard InChI is InChI=1S/C16H20N4/c1-12(2)19-16(10-17,14-7-8-14)11-20-15-6-4-3-5-13(15)9-18-20/h3-6,9,12,14,19H,7-8,11H2,1-2H3. The van der Waals surface area contributed by atoms with Gasteiger partial charge in [-0.3, -0.25) is 10.00 Å². The van der Waals surface area contributed by atoms with Gasteiger partial charge in [-0.1, -0.05) is 18.2 Å². The highest BCUT2D eigenvalue weighted by molar-refractivity contribution is 5.78. The van der Waals surface area contributed by atoms with Gasteiger partial charge in [0.15, 0.2) is 0 Å². The Morgan fingerprint density at radius 1 is 1.45 bits per heavy atom. The molecule has 1 unspecified atom stereocenters. The van der Waals surface area contributed by atoms with Gasteiger partial charge in [-0.15, -0.1) is 0 Å². The van der Waals surface area contributed by atoms with Gasteiger partial charge in [-0.25, -0.2) is 0 Å². The van der Waals surface area contributed by atoms with Crippen LogP contribution in [0.1, 0.15) is 26.7 Å². The predicted molar refractivity (Wildman–Crippen MR) is 79.1 cm³/mol. The van der Waals surface area contributed by atoms with E-state index < -0.39 is 5.54 Å². The molecule has 0 bridgehead atoms. The number of rotatable bonds is 5. The van der Waals surface area contributed by atoms with E-state index in [1.165, 1.54) is 0 Å². The van der Waals surface area contributed by atoms with Gasteiger partial charge < -0.3 is 0 Å². The van der Waals surface area contributed by atoms with Crippen LogP contribution in [0.15, 0.2) is 30.5 Å². The minimum atomic E-state index is -0.497. The Hall–Kier alpha value is -1.86. The highest BCUT2D eigenvalue weighted by Crippen LogP contribution is 2.41. The molecule has 1 aromatic heterocycles. The van der Waals surface area contributed by atoms with Crippen molar-refractivity contribution in [2.75, 3.05) is 0 Å². The van der Waals surface area contributed by atoms with Crippen LogP contribution >= 0.6 is 0 Å². The second kappa shape index (κ2) is 4.92. The van der Waals surface area contributed by atoms with Gasteiger partial charge >= 0.3 is 0 Å². The summed E-state index contributed by atoms with van der Waals surface area (Å²) in [5.41, 5.74) is 0.599. The molecule has 0 spiro atoms. The van der Waals surface area contributed by atoms with Gasteiger partial charge in [0.2, 0.25) is 0 Å². The number of nitrogens with one attached hydrogen (secondary N) is 1. The molecule has 1 fully saturated rings. The van der Waals surface area contributed by atoms with Crippen LogP contribution in [0.4, 0.5) is 0 Å². The molecule has 0 aliphatic heterocycles. The third-order valence-electron chi connectivity index (χ3n) is 3.97. The fourth-order valence-corrected chi connectivity index (χ4v) is 2.93. The van der Waals surface area contributed by atoms with E-state index in [1.54, 1.807) is 0 Å². The molecule has 4 heteroatoms. The summed E-state index contributed by atoms with van der Waals surface area (Å²) >= 11 is 0. The average Bonchev–Trinajstić information content (AvgIpc) is 3.22. The number of fused-ring (bicyclic) bond motifs is 1. The van der Waals surface area contributed by atoms with E-state index in [-0.39, 0.29) is 6.04 Å². The highest BCUT2D eigenvalue weighted by atomic mass is 15.3. The van der Waals surface area contributed by atoms with E-state index in [4.69, 9.17) is 0 Å². The smallest absolute Gasteiger partial charge is 0.129 e. The quantitative estimate of drug-likeness (QED) is 0.907. The van der Waals surface area contributed by atoms with Crippen molar-refractivity contribution in [1.29, 1.82) is 5.26 Å². The Bertz CT molecular complexity index is 648. The molecule has 1 aromatic carbocycles. The first-order valence-corrected chi connectivity index (χ1v) is 7.24. The number of aromatic nitrogens is 2. The van der Waals surface area contributed by atoms with Crippen LogP contribution in [0.2, 0.25) is 0 Å². The Morgan fingerprint density at radius 2 is 2.20 bits per heavy atom. The summed E-state index contributed by atoms with van der Waals surface area (Å²) in [5, 5.41) is 18.8. The van der Waals surface area contributed by atoms with Crippen molar-refractivity contribution in [3.05, 3.63) is 30.5 Å². The average molecular weight is 268 g/mol. The molecular weight excluding hydrogens is 248 g/mol. The topological polar surface area (TPSA) is 53.6 Å². The van der Waals surface area contributed by atoms with E-state index in [2.05, 4.69) is 42.5 Å². The van der Waals surface area contributed by atoms with Gasteiger partial charge in [0.05, 0.1) is 24.3 Å². The minimum Gasteiger partial charge on any atom is -0.295 e. The van der Waals surface area contributed by atoms with Gasteiger partial charge in [-0.2, -0.15) is 10.4 Å². The zero-order chi connectivity index (χ0) is 14.2. The van der Waals surface area contributed by atoms with Crippen LogP contribution in [0, 0.1) is 17.2 Å². The van der Waals surface area contributed by atoms with Crippen molar-refractivity contribution in [2.45, 2.75) is 44.8 Å². The molecule has 1 aliphatic rings. The van der Waals surface area contributed by atoms with E-state index in [0.717, 1.165) is 23.7 Å². The molecule has 0 amide bonds. The lowest BCUT2D eigenvalue weighted by Crippen LogP contribution is -2.52. The van der Waals surface area contributed by atoms with Crippen LogP contribution in [0.5, 0.6) is 0 Å². The first-order valence-electron chi connectivity index (χ1n) is 7.24. The van der Waals surface area contributed by atoms with E-state index in [0.29, 0.717) is 12.5 Å². The van der Waals surface area contributed by atoms with Crippen LogP contribution in [-0.2, 0) is 6.54 Å². The van der Waals surface area contributed by atoms with Crippen molar-refractivity contribution in [3.8, 4) is 6.07 Å². The monoisotopic (exact) mass is 268 g/mol. The lowest BCUT2D eigenvalue weighted by Gasteiger charge is -2.30. The maximum atomic E-state index is 9.75. The number of hydrogen-bond donors (Lipinski definition) is 1. The van der Waals surface area contributed by atoms with Crippen molar-refractivity contribution in [2.24, 2.45) is 5.92 Å². The maximum Gasteiger partial charge on any atom is 0.129 e.